The number of nitrogens with zero attached hydrogens (tertiary/aromatic N) is 1. The Morgan fingerprint density at radius 2 is 1.94 bits per heavy atom. The number of hydrogen-bond acceptors (Lipinski definition) is 3. The van der Waals surface area contributed by atoms with Crippen molar-refractivity contribution in [2.45, 2.75) is 19.3 Å². The topological polar surface area (TPSA) is 21.7 Å². The molecule has 0 bridgehead atoms. The maximum Gasteiger partial charge on any atom is 0.119 e. The monoisotopic (exact) mass is 247 g/mol. The van der Waals surface area contributed by atoms with Crippen molar-refractivity contribution in [1.82, 2.24) is 0 Å². The third-order valence-corrected chi connectivity index (χ3v) is 3.82. The second-order valence-corrected chi connectivity index (χ2v) is 5.23. The predicted molar refractivity (Wildman–Crippen MR) is 72.3 cm³/mol. The first-order valence-electron chi connectivity index (χ1n) is 6.97. The fourth-order valence-corrected chi connectivity index (χ4v) is 2.66. The molecule has 2 aliphatic heterocycles. The van der Waals surface area contributed by atoms with Crippen molar-refractivity contribution >= 4 is 5.69 Å². The summed E-state index contributed by atoms with van der Waals surface area (Å²) in [4.78, 5) is 2.44. The van der Waals surface area contributed by atoms with Gasteiger partial charge in [-0.1, -0.05) is 0 Å². The third kappa shape index (κ3) is 2.78. The molecule has 1 aromatic carbocycles. The molecular formula is C15H21NO2. The van der Waals surface area contributed by atoms with Crippen LogP contribution in [0, 0.1) is 5.92 Å². The smallest absolute Gasteiger partial charge is 0.119 e. The maximum atomic E-state index is 5.81. The van der Waals surface area contributed by atoms with E-state index in [1.54, 1.807) is 0 Å². The minimum atomic E-state index is 0.572. The van der Waals surface area contributed by atoms with Crippen LogP contribution in [-0.4, -0.2) is 32.9 Å². The van der Waals surface area contributed by atoms with E-state index in [2.05, 4.69) is 29.2 Å². The fraction of sp³-hybridized carbons (Fsp3) is 0.600. The highest BCUT2D eigenvalue weighted by atomic mass is 16.5. The Bertz CT molecular complexity index is 365. The van der Waals surface area contributed by atoms with Gasteiger partial charge in [0.2, 0.25) is 0 Å². The van der Waals surface area contributed by atoms with Crippen LogP contribution in [0.15, 0.2) is 24.3 Å². The van der Waals surface area contributed by atoms with Gasteiger partial charge in [-0.15, -0.1) is 0 Å². The van der Waals surface area contributed by atoms with Crippen LogP contribution in [-0.2, 0) is 4.74 Å². The first kappa shape index (κ1) is 11.8. The zero-order valence-electron chi connectivity index (χ0n) is 10.8. The van der Waals surface area contributed by atoms with E-state index in [0.717, 1.165) is 32.0 Å². The molecule has 0 spiro atoms. The van der Waals surface area contributed by atoms with Crippen molar-refractivity contribution in [3.8, 4) is 5.75 Å². The van der Waals surface area contributed by atoms with Gasteiger partial charge in [0.05, 0.1) is 13.2 Å². The van der Waals surface area contributed by atoms with Gasteiger partial charge in [0.25, 0.3) is 0 Å². The highest BCUT2D eigenvalue weighted by Crippen LogP contribution is 2.23. The summed E-state index contributed by atoms with van der Waals surface area (Å²) < 4.78 is 11.2. The molecule has 1 unspecified atom stereocenters. The van der Waals surface area contributed by atoms with E-state index in [1.165, 1.54) is 31.6 Å². The zero-order chi connectivity index (χ0) is 12.2. The quantitative estimate of drug-likeness (QED) is 0.816. The Labute approximate surface area is 109 Å². The SMILES string of the molecule is c1cc(N2CCCC2)ccc1OCC1CCOC1. The third-order valence-electron chi connectivity index (χ3n) is 3.82. The maximum absolute atomic E-state index is 5.81. The van der Waals surface area contributed by atoms with Crippen molar-refractivity contribution < 1.29 is 9.47 Å². The summed E-state index contributed by atoms with van der Waals surface area (Å²) in [5.74, 6) is 1.55. The molecule has 0 aliphatic carbocycles. The molecule has 3 heteroatoms. The summed E-state index contributed by atoms with van der Waals surface area (Å²) >= 11 is 0. The van der Waals surface area contributed by atoms with E-state index in [9.17, 15) is 0 Å². The van der Waals surface area contributed by atoms with E-state index in [-0.39, 0.29) is 0 Å². The normalized spacial score (nSPS) is 23.6. The van der Waals surface area contributed by atoms with Gasteiger partial charge in [0.15, 0.2) is 0 Å². The lowest BCUT2D eigenvalue weighted by Gasteiger charge is -2.18. The molecule has 0 amide bonds. The van der Waals surface area contributed by atoms with Gasteiger partial charge >= 0.3 is 0 Å². The minimum absolute atomic E-state index is 0.572. The molecule has 2 saturated heterocycles. The number of rotatable bonds is 4. The van der Waals surface area contributed by atoms with Crippen molar-refractivity contribution in [3.05, 3.63) is 24.3 Å². The molecule has 1 aromatic rings. The minimum Gasteiger partial charge on any atom is -0.493 e. The molecule has 18 heavy (non-hydrogen) atoms. The molecule has 2 aliphatic rings. The molecular weight excluding hydrogens is 226 g/mol. The molecule has 2 heterocycles. The molecule has 2 fully saturated rings. The molecule has 1 atom stereocenters. The van der Waals surface area contributed by atoms with E-state index in [4.69, 9.17) is 9.47 Å². The summed E-state index contributed by atoms with van der Waals surface area (Å²) in [5.41, 5.74) is 1.32. The van der Waals surface area contributed by atoms with E-state index >= 15 is 0 Å². The van der Waals surface area contributed by atoms with Crippen LogP contribution in [0.4, 0.5) is 5.69 Å². The van der Waals surface area contributed by atoms with Crippen LogP contribution < -0.4 is 9.64 Å². The van der Waals surface area contributed by atoms with Crippen LogP contribution in [0.25, 0.3) is 0 Å². The molecule has 0 saturated carbocycles. The highest BCUT2D eigenvalue weighted by molar-refractivity contribution is 5.49. The van der Waals surface area contributed by atoms with Crippen LogP contribution in [0.3, 0.4) is 0 Å². The lowest BCUT2D eigenvalue weighted by Crippen LogP contribution is -2.17. The number of hydrogen-bond donors (Lipinski definition) is 0. The van der Waals surface area contributed by atoms with Crippen molar-refractivity contribution in [3.63, 3.8) is 0 Å². The number of anilines is 1. The summed E-state index contributed by atoms with van der Waals surface area (Å²) in [6.45, 7) is 4.91. The average Bonchev–Trinajstić information content (AvgIpc) is 3.10. The Hall–Kier alpha value is -1.22. The number of benzene rings is 1. The molecule has 3 rings (SSSR count). The van der Waals surface area contributed by atoms with Gasteiger partial charge in [-0.3, -0.25) is 0 Å². The Morgan fingerprint density at radius 3 is 2.61 bits per heavy atom. The molecule has 0 radical (unpaired) electrons. The largest absolute Gasteiger partial charge is 0.493 e. The second-order valence-electron chi connectivity index (χ2n) is 5.23. The van der Waals surface area contributed by atoms with Crippen molar-refractivity contribution in [2.24, 2.45) is 5.92 Å². The van der Waals surface area contributed by atoms with Crippen LogP contribution >= 0.6 is 0 Å². The summed E-state index contributed by atoms with van der Waals surface area (Å²) in [6, 6.07) is 8.52. The molecule has 98 valence electrons. The lowest BCUT2D eigenvalue weighted by molar-refractivity contribution is 0.167. The standard InChI is InChI=1S/C15H21NO2/c1-2-9-16(8-1)14-3-5-15(6-4-14)18-12-13-7-10-17-11-13/h3-6,13H,1-2,7-12H2. The number of ether oxygens (including phenoxy) is 2. The van der Waals surface area contributed by atoms with Crippen LogP contribution in [0.2, 0.25) is 0 Å². The van der Waals surface area contributed by atoms with Gasteiger partial charge in [-0.2, -0.15) is 0 Å². The Kier molecular flexibility index (Phi) is 3.69. The Balaban J connectivity index is 1.53. The first-order valence-corrected chi connectivity index (χ1v) is 6.97. The van der Waals surface area contributed by atoms with Gasteiger partial charge < -0.3 is 14.4 Å². The highest BCUT2D eigenvalue weighted by Gasteiger charge is 2.16. The molecule has 3 nitrogen and oxygen atoms in total. The van der Waals surface area contributed by atoms with E-state index < -0.39 is 0 Å². The molecule has 0 N–H and O–H groups in total. The summed E-state index contributed by atoms with van der Waals surface area (Å²) in [5, 5.41) is 0. The van der Waals surface area contributed by atoms with Gasteiger partial charge in [-0.25, -0.2) is 0 Å². The lowest BCUT2D eigenvalue weighted by atomic mass is 10.1. The zero-order valence-corrected chi connectivity index (χ0v) is 10.8. The van der Waals surface area contributed by atoms with E-state index in [0.29, 0.717) is 5.92 Å². The predicted octanol–water partition coefficient (Wildman–Crippen LogP) is 2.70. The Morgan fingerprint density at radius 1 is 1.17 bits per heavy atom. The fourth-order valence-electron chi connectivity index (χ4n) is 2.66. The van der Waals surface area contributed by atoms with Crippen LogP contribution in [0.5, 0.6) is 5.75 Å². The van der Waals surface area contributed by atoms with E-state index in [1.807, 2.05) is 0 Å². The van der Waals surface area contributed by atoms with Gasteiger partial charge in [0.1, 0.15) is 5.75 Å². The summed E-state index contributed by atoms with van der Waals surface area (Å²) in [6.07, 6.45) is 3.77. The van der Waals surface area contributed by atoms with Crippen LogP contribution in [0.1, 0.15) is 19.3 Å². The van der Waals surface area contributed by atoms with Crippen molar-refractivity contribution in [1.29, 1.82) is 0 Å². The first-order chi connectivity index (χ1) is 8.92. The average molecular weight is 247 g/mol. The van der Waals surface area contributed by atoms with Gasteiger partial charge in [-0.05, 0) is 43.5 Å². The summed E-state index contributed by atoms with van der Waals surface area (Å²) in [7, 11) is 0. The molecule has 0 aromatic heterocycles. The second kappa shape index (κ2) is 5.61. The van der Waals surface area contributed by atoms with Crippen molar-refractivity contribution in [2.75, 3.05) is 37.8 Å². The van der Waals surface area contributed by atoms with Gasteiger partial charge in [0, 0.05) is 31.3 Å².